The highest BCUT2D eigenvalue weighted by molar-refractivity contribution is 9.10. The molecule has 5 rings (SSSR count). The van der Waals surface area contributed by atoms with Crippen LogP contribution >= 0.6 is 39.1 Å². The number of nitrogens with zero attached hydrogens (tertiary/aromatic N) is 8. The van der Waals surface area contributed by atoms with Crippen molar-refractivity contribution in [2.75, 3.05) is 0 Å². The summed E-state index contributed by atoms with van der Waals surface area (Å²) in [4.78, 5) is 25.9. The molecule has 0 saturated heterocycles. The van der Waals surface area contributed by atoms with Crippen molar-refractivity contribution in [2.45, 2.75) is 13.1 Å². The molecule has 13 heteroatoms. The van der Waals surface area contributed by atoms with Crippen molar-refractivity contribution in [3.8, 4) is 11.4 Å². The smallest absolute Gasteiger partial charge is 0.293 e. The third kappa shape index (κ3) is 4.97. The van der Waals surface area contributed by atoms with Crippen molar-refractivity contribution in [1.82, 2.24) is 39.1 Å². The number of aromatic nitrogens is 8. The van der Waals surface area contributed by atoms with E-state index in [0.29, 0.717) is 21.4 Å². The van der Waals surface area contributed by atoms with E-state index >= 15 is 0 Å². The summed E-state index contributed by atoms with van der Waals surface area (Å²) in [5.74, 6) is 0. The Kier molecular flexibility index (Phi) is 6.37. The van der Waals surface area contributed by atoms with Gasteiger partial charge in [0.05, 0.1) is 41.3 Å². The van der Waals surface area contributed by atoms with Crippen LogP contribution in [-0.4, -0.2) is 39.1 Å². The van der Waals surface area contributed by atoms with Gasteiger partial charge in [0.1, 0.15) is 11.4 Å². The lowest BCUT2D eigenvalue weighted by atomic mass is 10.3. The first-order valence-corrected chi connectivity index (χ1v) is 11.8. The van der Waals surface area contributed by atoms with Crippen molar-refractivity contribution in [3.05, 3.63) is 114 Å². The van der Waals surface area contributed by atoms with Crippen LogP contribution in [0.4, 0.5) is 0 Å². The maximum absolute atomic E-state index is 13.1. The molecule has 0 unspecified atom stereocenters. The van der Waals surface area contributed by atoms with Gasteiger partial charge in [0.15, 0.2) is 0 Å². The Morgan fingerprint density at radius 3 is 1.71 bits per heavy atom. The lowest BCUT2D eigenvalue weighted by Crippen LogP contribution is -2.40. The molecule has 0 N–H and O–H groups in total. The van der Waals surface area contributed by atoms with Crippen molar-refractivity contribution >= 4 is 39.1 Å². The summed E-state index contributed by atoms with van der Waals surface area (Å²) in [6.07, 6.45) is 4.79. The number of hydrogen-bond acceptors (Lipinski definition) is 6. The Hall–Kier alpha value is -3.54. The molecule has 5 aromatic rings. The minimum absolute atomic E-state index is 0.0534. The van der Waals surface area contributed by atoms with E-state index < -0.39 is 11.2 Å². The summed E-state index contributed by atoms with van der Waals surface area (Å²) in [7, 11) is 0. The van der Waals surface area contributed by atoms with Crippen LogP contribution in [0.25, 0.3) is 11.4 Å². The van der Waals surface area contributed by atoms with Gasteiger partial charge < -0.3 is 0 Å². The first kappa shape index (κ1) is 23.2. The molecule has 0 radical (unpaired) electrons. The standard InChI is InChI=1S/C22H15BrCl2N8O2/c23-20-13-30(9-16-11-32(28-26-16)18-5-1-14(24)2-6-18)22(35)31(21(20)34)10-17-12-33(29-27-17)19-7-3-15(25)4-8-19/h1-8,11-13H,9-10H2. The molecule has 0 saturated carbocycles. The highest BCUT2D eigenvalue weighted by Crippen LogP contribution is 2.14. The van der Waals surface area contributed by atoms with E-state index in [1.165, 1.54) is 10.8 Å². The van der Waals surface area contributed by atoms with Gasteiger partial charge >= 0.3 is 5.69 Å². The molecule has 176 valence electrons. The zero-order valence-electron chi connectivity index (χ0n) is 17.8. The van der Waals surface area contributed by atoms with E-state index in [-0.39, 0.29) is 17.6 Å². The molecule has 3 heterocycles. The molecule has 3 aromatic heterocycles. The molecular formula is C22H15BrCl2N8O2. The topological polar surface area (TPSA) is 105 Å². The fourth-order valence-corrected chi connectivity index (χ4v) is 4.10. The Morgan fingerprint density at radius 1 is 0.714 bits per heavy atom. The molecule has 0 aliphatic heterocycles. The average Bonchev–Trinajstić information content (AvgIpc) is 3.51. The highest BCUT2D eigenvalue weighted by Gasteiger charge is 2.14. The molecule has 35 heavy (non-hydrogen) atoms. The largest absolute Gasteiger partial charge is 0.331 e. The van der Waals surface area contributed by atoms with E-state index in [2.05, 4.69) is 36.6 Å². The SMILES string of the molecule is O=c1c(Br)cn(Cc2cn(-c3ccc(Cl)cc3)nn2)c(=O)n1Cc1cn(-c2ccc(Cl)cc2)nn1. The van der Waals surface area contributed by atoms with Gasteiger partial charge in [0.25, 0.3) is 5.56 Å². The molecule has 0 atom stereocenters. The number of halogens is 3. The van der Waals surface area contributed by atoms with E-state index in [4.69, 9.17) is 23.2 Å². The summed E-state index contributed by atoms with van der Waals surface area (Å²) in [5.41, 5.74) is 1.51. The van der Waals surface area contributed by atoms with Crippen LogP contribution in [0.1, 0.15) is 11.4 Å². The normalized spacial score (nSPS) is 11.2. The summed E-state index contributed by atoms with van der Waals surface area (Å²) in [5, 5.41) is 17.6. The van der Waals surface area contributed by atoms with Crippen molar-refractivity contribution < 1.29 is 0 Å². The van der Waals surface area contributed by atoms with Crippen LogP contribution in [0.15, 0.2) is 81.2 Å². The Balaban J connectivity index is 1.41. The summed E-state index contributed by atoms with van der Waals surface area (Å²) in [6, 6.07) is 14.2. The van der Waals surface area contributed by atoms with Gasteiger partial charge in [-0.25, -0.2) is 14.2 Å². The second-order valence-corrected chi connectivity index (χ2v) is 9.27. The Morgan fingerprint density at radius 2 is 1.20 bits per heavy atom. The van der Waals surface area contributed by atoms with E-state index in [0.717, 1.165) is 15.9 Å². The van der Waals surface area contributed by atoms with Crippen LogP contribution in [0, 0.1) is 0 Å². The molecule has 0 bridgehead atoms. The lowest BCUT2D eigenvalue weighted by molar-refractivity contribution is 0.595. The molecule has 0 aliphatic rings. The van der Waals surface area contributed by atoms with Gasteiger partial charge in [-0.05, 0) is 64.5 Å². The van der Waals surface area contributed by atoms with Crippen molar-refractivity contribution in [3.63, 3.8) is 0 Å². The molecule has 2 aromatic carbocycles. The Labute approximate surface area is 216 Å². The van der Waals surface area contributed by atoms with E-state index in [9.17, 15) is 9.59 Å². The number of hydrogen-bond donors (Lipinski definition) is 0. The maximum atomic E-state index is 13.1. The monoisotopic (exact) mass is 572 g/mol. The minimum Gasteiger partial charge on any atom is -0.293 e. The third-order valence-electron chi connectivity index (χ3n) is 5.11. The summed E-state index contributed by atoms with van der Waals surface area (Å²) < 4.78 is 5.82. The second-order valence-electron chi connectivity index (χ2n) is 7.54. The van der Waals surface area contributed by atoms with Crippen molar-refractivity contribution in [2.24, 2.45) is 0 Å². The Bertz CT molecular complexity index is 1620. The molecule has 10 nitrogen and oxygen atoms in total. The summed E-state index contributed by atoms with van der Waals surface area (Å²) >= 11 is 15.1. The average molecular weight is 574 g/mol. The van der Waals surface area contributed by atoms with Gasteiger partial charge in [-0.15, -0.1) is 10.2 Å². The molecule has 0 amide bonds. The quantitative estimate of drug-likeness (QED) is 0.308. The highest BCUT2D eigenvalue weighted by atomic mass is 79.9. The molecule has 0 aliphatic carbocycles. The predicted molar refractivity (Wildman–Crippen MR) is 134 cm³/mol. The fourth-order valence-electron chi connectivity index (χ4n) is 3.39. The molecule has 0 spiro atoms. The fraction of sp³-hybridized carbons (Fsp3) is 0.0909. The second kappa shape index (κ2) is 9.61. The van der Waals surface area contributed by atoms with Gasteiger partial charge in [-0.3, -0.25) is 13.9 Å². The summed E-state index contributed by atoms with van der Waals surface area (Å²) in [6.45, 7) is 0.0604. The predicted octanol–water partition coefficient (Wildman–Crippen LogP) is 3.34. The third-order valence-corrected chi connectivity index (χ3v) is 6.16. The zero-order valence-corrected chi connectivity index (χ0v) is 20.9. The van der Waals surface area contributed by atoms with Crippen LogP contribution in [0.5, 0.6) is 0 Å². The van der Waals surface area contributed by atoms with Crippen LogP contribution in [0.3, 0.4) is 0 Å². The lowest BCUT2D eigenvalue weighted by Gasteiger charge is -2.09. The maximum Gasteiger partial charge on any atom is 0.331 e. The first-order valence-electron chi connectivity index (χ1n) is 10.2. The van der Waals surface area contributed by atoms with Gasteiger partial charge in [0, 0.05) is 16.2 Å². The van der Waals surface area contributed by atoms with Gasteiger partial charge in [-0.1, -0.05) is 33.6 Å². The number of rotatable bonds is 6. The minimum atomic E-state index is -0.514. The first-order chi connectivity index (χ1) is 16.9. The van der Waals surface area contributed by atoms with Crippen LogP contribution < -0.4 is 11.2 Å². The van der Waals surface area contributed by atoms with Gasteiger partial charge in [-0.2, -0.15) is 0 Å². The van der Waals surface area contributed by atoms with Crippen LogP contribution in [0.2, 0.25) is 10.0 Å². The molecule has 0 fully saturated rings. The van der Waals surface area contributed by atoms with Crippen LogP contribution in [-0.2, 0) is 13.1 Å². The van der Waals surface area contributed by atoms with E-state index in [1.54, 1.807) is 70.3 Å². The number of benzene rings is 2. The molecular weight excluding hydrogens is 559 g/mol. The van der Waals surface area contributed by atoms with E-state index in [1.807, 2.05) is 0 Å². The van der Waals surface area contributed by atoms with Gasteiger partial charge in [0.2, 0.25) is 0 Å². The zero-order chi connectivity index (χ0) is 24.5. The van der Waals surface area contributed by atoms with Crippen molar-refractivity contribution in [1.29, 1.82) is 0 Å².